The first-order valence-electron chi connectivity index (χ1n) is 10.4. The first kappa shape index (κ1) is 20.3. The maximum Gasteiger partial charge on any atom is 0.238 e. The van der Waals surface area contributed by atoms with Crippen LogP contribution in [0, 0.1) is 0 Å². The predicted octanol–water partition coefficient (Wildman–Crippen LogP) is 3.78. The molecule has 0 bridgehead atoms. The molecule has 0 unspecified atom stereocenters. The van der Waals surface area contributed by atoms with Crippen LogP contribution in [0.15, 0.2) is 42.6 Å². The summed E-state index contributed by atoms with van der Waals surface area (Å²) >= 11 is 12.1. The predicted molar refractivity (Wildman–Crippen MR) is 120 cm³/mol. The Morgan fingerprint density at radius 2 is 1.94 bits per heavy atom. The van der Waals surface area contributed by atoms with Crippen molar-refractivity contribution < 1.29 is 4.79 Å². The Morgan fingerprint density at radius 3 is 2.68 bits per heavy atom. The molecule has 1 amide bonds. The van der Waals surface area contributed by atoms with Crippen molar-refractivity contribution >= 4 is 34.9 Å². The third kappa shape index (κ3) is 3.88. The van der Waals surface area contributed by atoms with Gasteiger partial charge in [0.1, 0.15) is 17.5 Å². The number of rotatable bonds is 3. The van der Waals surface area contributed by atoms with Gasteiger partial charge in [0.25, 0.3) is 0 Å². The number of pyridine rings is 1. The van der Waals surface area contributed by atoms with Crippen molar-refractivity contribution in [1.29, 1.82) is 0 Å². The number of anilines is 1. The quantitative estimate of drug-likeness (QED) is 0.560. The Hall–Kier alpha value is -2.64. The highest BCUT2D eigenvalue weighted by Crippen LogP contribution is 2.34. The van der Waals surface area contributed by atoms with Crippen molar-refractivity contribution in [3.05, 3.63) is 64.8 Å². The number of aromatic nitrogens is 4. The summed E-state index contributed by atoms with van der Waals surface area (Å²) in [6, 6.07) is 11.8. The smallest absolute Gasteiger partial charge is 0.238 e. The maximum atomic E-state index is 12.4. The van der Waals surface area contributed by atoms with Crippen molar-refractivity contribution in [3.63, 3.8) is 0 Å². The van der Waals surface area contributed by atoms with Gasteiger partial charge < -0.3 is 9.80 Å². The molecule has 0 spiro atoms. The Balaban J connectivity index is 1.47. The number of piperidine rings is 1. The molecular weight excluding hydrogens is 435 g/mol. The van der Waals surface area contributed by atoms with E-state index in [1.807, 2.05) is 42.6 Å². The number of alkyl halides is 1. The fourth-order valence-corrected chi connectivity index (χ4v) is 4.82. The molecule has 1 aromatic carbocycles. The molecule has 2 aliphatic rings. The SMILES string of the molecule is O=C(CCl)N1Cc2cc(Cl)ccc2-n2c(nnc2C2CCN(c3ccccn3)CC2)C1. The number of hydrogen-bond acceptors (Lipinski definition) is 5. The normalized spacial score (nSPS) is 16.6. The van der Waals surface area contributed by atoms with Gasteiger partial charge in [-0.05, 0) is 48.7 Å². The van der Waals surface area contributed by atoms with Gasteiger partial charge in [0.15, 0.2) is 5.82 Å². The minimum atomic E-state index is -0.130. The van der Waals surface area contributed by atoms with Crippen LogP contribution in [0.5, 0.6) is 0 Å². The highest BCUT2D eigenvalue weighted by atomic mass is 35.5. The highest BCUT2D eigenvalue weighted by Gasteiger charge is 2.31. The number of carbonyl (C=O) groups is 1. The van der Waals surface area contributed by atoms with Gasteiger partial charge in [0, 0.05) is 36.8 Å². The van der Waals surface area contributed by atoms with E-state index >= 15 is 0 Å². The lowest BCUT2D eigenvalue weighted by Gasteiger charge is -2.32. The lowest BCUT2D eigenvalue weighted by molar-refractivity contribution is -0.129. The fraction of sp³-hybridized carbons (Fsp3) is 0.364. The molecule has 160 valence electrons. The van der Waals surface area contributed by atoms with Gasteiger partial charge >= 0.3 is 0 Å². The van der Waals surface area contributed by atoms with E-state index in [9.17, 15) is 4.79 Å². The molecule has 4 heterocycles. The van der Waals surface area contributed by atoms with Crippen LogP contribution >= 0.6 is 23.2 Å². The van der Waals surface area contributed by atoms with Crippen LogP contribution in [0.1, 0.15) is 36.0 Å². The van der Waals surface area contributed by atoms with E-state index < -0.39 is 0 Å². The zero-order valence-corrected chi connectivity index (χ0v) is 18.4. The van der Waals surface area contributed by atoms with E-state index in [0.29, 0.717) is 18.1 Å². The molecular formula is C22H22Cl2N6O. The summed E-state index contributed by atoms with van der Waals surface area (Å²) in [6.45, 7) is 2.64. The minimum Gasteiger partial charge on any atom is -0.357 e. The van der Waals surface area contributed by atoms with Gasteiger partial charge in [-0.2, -0.15) is 0 Å². The molecule has 9 heteroatoms. The largest absolute Gasteiger partial charge is 0.357 e. The second kappa shape index (κ2) is 8.48. The first-order chi connectivity index (χ1) is 15.1. The third-order valence-corrected chi connectivity index (χ3v) is 6.50. The molecule has 31 heavy (non-hydrogen) atoms. The van der Waals surface area contributed by atoms with Gasteiger partial charge in [0.05, 0.1) is 12.2 Å². The molecule has 0 N–H and O–H groups in total. The van der Waals surface area contributed by atoms with Crippen LogP contribution in [0.4, 0.5) is 5.82 Å². The van der Waals surface area contributed by atoms with Crippen LogP contribution in [-0.2, 0) is 17.9 Å². The fourth-order valence-electron chi connectivity index (χ4n) is 4.46. The van der Waals surface area contributed by atoms with E-state index in [1.54, 1.807) is 4.90 Å². The summed E-state index contributed by atoms with van der Waals surface area (Å²) in [7, 11) is 0. The summed E-state index contributed by atoms with van der Waals surface area (Å²) in [5.41, 5.74) is 1.95. The number of fused-ring (bicyclic) bond motifs is 3. The van der Waals surface area contributed by atoms with Crippen molar-refractivity contribution in [3.8, 4) is 5.69 Å². The van der Waals surface area contributed by atoms with E-state index in [1.165, 1.54) is 0 Å². The Morgan fingerprint density at radius 1 is 1.10 bits per heavy atom. The molecule has 2 aromatic heterocycles. The molecule has 3 aromatic rings. The van der Waals surface area contributed by atoms with Gasteiger partial charge in [-0.25, -0.2) is 4.98 Å². The average molecular weight is 457 g/mol. The molecule has 1 saturated heterocycles. The van der Waals surface area contributed by atoms with Crippen LogP contribution in [-0.4, -0.2) is 49.5 Å². The monoisotopic (exact) mass is 456 g/mol. The molecule has 5 rings (SSSR count). The van der Waals surface area contributed by atoms with Crippen molar-refractivity contribution in [2.75, 3.05) is 23.9 Å². The molecule has 2 aliphatic heterocycles. The molecule has 0 saturated carbocycles. The number of carbonyl (C=O) groups excluding carboxylic acids is 1. The molecule has 1 fully saturated rings. The van der Waals surface area contributed by atoms with Gasteiger partial charge in [-0.1, -0.05) is 17.7 Å². The van der Waals surface area contributed by atoms with Crippen molar-refractivity contribution in [2.45, 2.75) is 31.8 Å². The number of halogens is 2. The number of hydrogen-bond donors (Lipinski definition) is 0. The number of amides is 1. The average Bonchev–Trinajstić information content (AvgIpc) is 3.15. The standard InChI is InChI=1S/C22H22Cl2N6O/c23-12-21(31)29-13-16-11-17(24)4-5-18(16)30-20(14-29)26-27-22(30)15-6-9-28(10-7-15)19-3-1-2-8-25-19/h1-5,8,11,15H,6-7,9-10,12-14H2. The van der Waals surface area contributed by atoms with Gasteiger partial charge in [0.2, 0.25) is 5.91 Å². The summed E-state index contributed by atoms with van der Waals surface area (Å²) in [4.78, 5) is 20.9. The maximum absolute atomic E-state index is 12.4. The zero-order chi connectivity index (χ0) is 21.4. The summed E-state index contributed by atoms with van der Waals surface area (Å²) < 4.78 is 2.12. The van der Waals surface area contributed by atoms with Crippen LogP contribution in [0.3, 0.4) is 0 Å². The topological polar surface area (TPSA) is 67.2 Å². The van der Waals surface area contributed by atoms with Crippen LogP contribution in [0.25, 0.3) is 5.69 Å². The first-order valence-corrected chi connectivity index (χ1v) is 11.3. The van der Waals surface area contributed by atoms with Gasteiger partial charge in [-0.3, -0.25) is 9.36 Å². The molecule has 0 radical (unpaired) electrons. The Labute approximate surface area is 190 Å². The Bertz CT molecular complexity index is 1090. The van der Waals surface area contributed by atoms with Crippen LogP contribution in [0.2, 0.25) is 5.02 Å². The lowest BCUT2D eigenvalue weighted by atomic mass is 9.95. The molecule has 0 atom stereocenters. The second-order valence-electron chi connectivity index (χ2n) is 7.92. The highest BCUT2D eigenvalue weighted by molar-refractivity contribution is 6.30. The summed E-state index contributed by atoms with van der Waals surface area (Å²) in [5.74, 6) is 2.79. The van der Waals surface area contributed by atoms with E-state index in [0.717, 1.165) is 54.6 Å². The van der Waals surface area contributed by atoms with E-state index in [-0.39, 0.29) is 17.7 Å². The molecule has 7 nitrogen and oxygen atoms in total. The van der Waals surface area contributed by atoms with Crippen molar-refractivity contribution in [1.82, 2.24) is 24.6 Å². The van der Waals surface area contributed by atoms with Crippen LogP contribution < -0.4 is 4.90 Å². The van der Waals surface area contributed by atoms with Gasteiger partial charge in [-0.15, -0.1) is 21.8 Å². The minimum absolute atomic E-state index is 0.0666. The third-order valence-electron chi connectivity index (χ3n) is 6.03. The zero-order valence-electron chi connectivity index (χ0n) is 16.9. The Kier molecular flexibility index (Phi) is 5.54. The summed E-state index contributed by atoms with van der Waals surface area (Å²) in [5, 5.41) is 9.69. The number of nitrogens with zero attached hydrogens (tertiary/aromatic N) is 6. The number of benzene rings is 1. The second-order valence-corrected chi connectivity index (χ2v) is 8.62. The van der Waals surface area contributed by atoms with E-state index in [4.69, 9.17) is 23.2 Å². The molecule has 0 aliphatic carbocycles. The summed E-state index contributed by atoms with van der Waals surface area (Å²) in [6.07, 6.45) is 3.75. The van der Waals surface area contributed by atoms with Crippen molar-refractivity contribution in [2.24, 2.45) is 0 Å². The lowest BCUT2D eigenvalue weighted by Crippen LogP contribution is -2.34. The van der Waals surface area contributed by atoms with E-state index in [2.05, 4.69) is 24.6 Å².